The quantitative estimate of drug-likeness (QED) is 0.0766. The number of anilines is 1. The minimum atomic E-state index is -5.08. The summed E-state index contributed by atoms with van der Waals surface area (Å²) in [5.74, 6) is -4.55. The van der Waals surface area contributed by atoms with E-state index in [2.05, 4.69) is 41.1 Å². The third-order valence-electron chi connectivity index (χ3n) is 10.7. The number of nitrogens with one attached hydrogen (secondary N) is 3. The maximum Gasteiger partial charge on any atom is 0.490 e. The third-order valence-corrected chi connectivity index (χ3v) is 10.7. The summed E-state index contributed by atoms with van der Waals surface area (Å²) in [7, 11) is 0. The van der Waals surface area contributed by atoms with E-state index in [-0.39, 0.29) is 41.6 Å². The molecule has 67 heavy (non-hydrogen) atoms. The van der Waals surface area contributed by atoms with Gasteiger partial charge in [0.2, 0.25) is 17.6 Å². The zero-order valence-corrected chi connectivity index (χ0v) is 37.5. The number of carboxylic acids is 1. The van der Waals surface area contributed by atoms with Crippen molar-refractivity contribution in [3.63, 3.8) is 0 Å². The number of nitrogens with two attached hydrogens (primary N) is 1. The van der Waals surface area contributed by atoms with Crippen LogP contribution < -0.4 is 21.3 Å². The number of rotatable bonds is 16. The van der Waals surface area contributed by atoms with Crippen molar-refractivity contribution < 1.29 is 60.2 Å². The average molecular weight is 949 g/mol. The number of hydrogen-bond donors (Lipinski definition) is 5. The van der Waals surface area contributed by atoms with Crippen LogP contribution in [0.25, 0.3) is 22.5 Å². The van der Waals surface area contributed by atoms with E-state index in [4.69, 9.17) is 20.4 Å². The third kappa shape index (κ3) is 15.7. The zero-order chi connectivity index (χ0) is 49.7. The molecule has 0 radical (unpaired) electrons. The first-order valence-corrected chi connectivity index (χ1v) is 21.3. The topological polar surface area (TPSA) is 239 Å². The first-order valence-electron chi connectivity index (χ1n) is 21.3. The number of aliphatic carboxylic acids is 1. The number of likely N-dealkylation sites (N-methyl/N-ethyl adjacent to an activating group) is 1. The van der Waals surface area contributed by atoms with E-state index in [1.807, 2.05) is 13.8 Å². The average Bonchev–Trinajstić information content (AvgIpc) is 3.82. The second kappa shape index (κ2) is 23.2. The van der Waals surface area contributed by atoms with Crippen LogP contribution in [0.5, 0.6) is 0 Å². The molecule has 0 aliphatic heterocycles. The normalized spacial score (nSPS) is 15.7. The van der Waals surface area contributed by atoms with Crippen LogP contribution in [0, 0.1) is 11.8 Å². The fourth-order valence-electron chi connectivity index (χ4n) is 7.22. The number of tetrazole rings is 1. The molecule has 1 fully saturated rings. The Morgan fingerprint density at radius 2 is 1.46 bits per heavy atom. The highest BCUT2D eigenvalue weighted by atomic mass is 19.4. The van der Waals surface area contributed by atoms with Crippen molar-refractivity contribution in [3.8, 4) is 22.5 Å². The lowest BCUT2D eigenvalue weighted by Gasteiger charge is -2.36. The van der Waals surface area contributed by atoms with Crippen molar-refractivity contribution in [1.82, 2.24) is 41.1 Å². The van der Waals surface area contributed by atoms with Gasteiger partial charge in [0.25, 0.3) is 5.91 Å². The van der Waals surface area contributed by atoms with Gasteiger partial charge in [0.05, 0.1) is 0 Å². The molecule has 6 N–H and O–H groups in total. The summed E-state index contributed by atoms with van der Waals surface area (Å²) in [4.78, 5) is 68.9. The number of benzene rings is 2. The van der Waals surface area contributed by atoms with Gasteiger partial charge in [-0.05, 0) is 118 Å². The number of pyridine rings is 1. The van der Waals surface area contributed by atoms with Crippen LogP contribution in [0.1, 0.15) is 82.0 Å². The van der Waals surface area contributed by atoms with Gasteiger partial charge >= 0.3 is 24.4 Å². The van der Waals surface area contributed by atoms with Crippen LogP contribution in [-0.2, 0) is 31.7 Å². The van der Waals surface area contributed by atoms with Crippen molar-refractivity contribution in [3.05, 3.63) is 77.6 Å². The number of nitrogens with zero attached hydrogens (tertiary/aromatic N) is 6. The smallest absolute Gasteiger partial charge is 0.475 e. The Morgan fingerprint density at radius 3 is 1.97 bits per heavy atom. The van der Waals surface area contributed by atoms with E-state index in [9.17, 15) is 45.5 Å². The molecule has 1 aliphatic carbocycles. The molecule has 2 aromatic carbocycles. The summed E-state index contributed by atoms with van der Waals surface area (Å²) in [5, 5.41) is 26.6. The van der Waals surface area contributed by atoms with Crippen molar-refractivity contribution in [2.45, 2.75) is 90.7 Å². The van der Waals surface area contributed by atoms with E-state index in [0.29, 0.717) is 61.4 Å². The van der Waals surface area contributed by atoms with Gasteiger partial charge in [-0.25, -0.2) is 14.6 Å². The van der Waals surface area contributed by atoms with Crippen LogP contribution in [0.3, 0.4) is 0 Å². The number of carboxylic acid groups (broad SMARTS) is 1. The molecule has 0 spiro atoms. The predicted molar refractivity (Wildman–Crippen MR) is 232 cm³/mol. The van der Waals surface area contributed by atoms with Crippen LogP contribution >= 0.6 is 0 Å². The van der Waals surface area contributed by atoms with E-state index >= 15 is 0 Å². The highest BCUT2D eigenvalue weighted by Gasteiger charge is 2.39. The van der Waals surface area contributed by atoms with Gasteiger partial charge in [-0.15, -0.1) is 10.2 Å². The molecule has 364 valence electrons. The molecular formula is C44H54F6N10O7. The van der Waals surface area contributed by atoms with Crippen LogP contribution in [0.15, 0.2) is 60.7 Å². The molecule has 0 bridgehead atoms. The van der Waals surface area contributed by atoms with Gasteiger partial charge in [-0.2, -0.15) is 31.6 Å². The first kappa shape index (κ1) is 53.0. The monoisotopic (exact) mass is 948 g/mol. The molecule has 0 saturated heterocycles. The van der Waals surface area contributed by atoms with E-state index in [1.54, 1.807) is 57.2 Å². The molecule has 1 atom stereocenters. The van der Waals surface area contributed by atoms with Crippen LogP contribution in [0.4, 0.5) is 36.8 Å². The van der Waals surface area contributed by atoms with Crippen molar-refractivity contribution in [2.24, 2.45) is 17.6 Å². The zero-order valence-electron chi connectivity index (χ0n) is 37.5. The lowest BCUT2D eigenvalue weighted by atomic mass is 9.81. The van der Waals surface area contributed by atoms with Gasteiger partial charge < -0.3 is 31.1 Å². The lowest BCUT2D eigenvalue weighted by Crippen LogP contribution is -2.52. The maximum atomic E-state index is 14.5. The van der Waals surface area contributed by atoms with Crippen LogP contribution in [0.2, 0.25) is 0 Å². The van der Waals surface area contributed by atoms with E-state index in [1.165, 1.54) is 29.2 Å². The minimum Gasteiger partial charge on any atom is -0.475 e. The Labute approximate surface area is 382 Å². The Hall–Kier alpha value is -6.65. The molecule has 2 heterocycles. The summed E-state index contributed by atoms with van der Waals surface area (Å²) in [5.41, 5.74) is 5.34. The minimum absolute atomic E-state index is 0.0416. The molecule has 2 aromatic heterocycles. The molecule has 1 aliphatic rings. The SMILES string of the molecule is CCN(CC)CCNC(=O)c1ccc(-c2ccc(C[C@@H](C(N)=O)N(C(=O)C3CCC(CNC(=O)OC(C)(C)C)CC3)c3ccc(-c4nn[nH]n4)cc3)cc2)c(C(F)(F)F)n1.O=C(O)C(F)(F)F. The number of carbonyl (C=O) groups excluding carboxylic acids is 4. The summed E-state index contributed by atoms with van der Waals surface area (Å²) < 4.78 is 80.2. The van der Waals surface area contributed by atoms with Crippen molar-refractivity contribution >= 4 is 35.5 Å². The Balaban J connectivity index is 0.00000129. The number of H-pyrrole nitrogens is 1. The summed E-state index contributed by atoms with van der Waals surface area (Å²) >= 11 is 0. The summed E-state index contributed by atoms with van der Waals surface area (Å²) in [6, 6.07) is 14.1. The van der Waals surface area contributed by atoms with Gasteiger partial charge in [-0.1, -0.05) is 38.1 Å². The number of halogens is 6. The van der Waals surface area contributed by atoms with Crippen molar-refractivity contribution in [1.29, 1.82) is 0 Å². The van der Waals surface area contributed by atoms with Crippen LogP contribution in [-0.4, -0.2) is 116 Å². The van der Waals surface area contributed by atoms with E-state index in [0.717, 1.165) is 13.1 Å². The largest absolute Gasteiger partial charge is 0.490 e. The number of alkyl halides is 6. The fraction of sp³-hybridized carbons (Fsp3) is 0.477. The number of aromatic amines is 1. The Bertz CT molecular complexity index is 2280. The van der Waals surface area contributed by atoms with Gasteiger partial charge in [0.15, 0.2) is 5.69 Å². The first-order chi connectivity index (χ1) is 31.4. The second-order valence-corrected chi connectivity index (χ2v) is 16.6. The highest BCUT2D eigenvalue weighted by Crippen LogP contribution is 2.37. The highest BCUT2D eigenvalue weighted by molar-refractivity contribution is 6.02. The van der Waals surface area contributed by atoms with Gasteiger partial charge in [0, 0.05) is 48.8 Å². The van der Waals surface area contributed by atoms with Gasteiger partial charge in [0.1, 0.15) is 17.3 Å². The Morgan fingerprint density at radius 1 is 0.866 bits per heavy atom. The van der Waals surface area contributed by atoms with E-state index < -0.39 is 59.5 Å². The number of hydrogen-bond acceptors (Lipinski definition) is 11. The maximum absolute atomic E-state index is 14.5. The number of ether oxygens (including phenoxy) is 1. The number of amides is 4. The standard InChI is InChI=1S/C42H53F3N10O5.C2HF3O2/c1-6-54(7-2)23-22-47-38(57)33-21-20-32(35(49-33)42(43,44)45)28-12-8-26(9-13-28)24-34(36(46)56)55(31-18-16-29(17-19-31)37-50-52-53-51-37)39(58)30-14-10-27(11-15-30)25-48-40(59)60-41(3,4)5;3-2(4,5)1(6)7/h8-9,12-13,16-21,27,30,34H,6-7,10-11,14-15,22-25H2,1-5H3,(H2,46,56)(H,47,57)(H,48,59)(H,50,51,52,53);(H,6,7)/t27?,30?,34-;/m0./s1. The lowest BCUT2D eigenvalue weighted by molar-refractivity contribution is -0.192. The molecule has 1 saturated carbocycles. The Kier molecular flexibility index (Phi) is 18.3. The summed E-state index contributed by atoms with van der Waals surface area (Å²) in [6.45, 7) is 12.0. The van der Waals surface area contributed by atoms with Crippen molar-refractivity contribution in [2.75, 3.05) is 37.6 Å². The molecule has 4 amide bonds. The molecule has 0 unspecified atom stereocenters. The second-order valence-electron chi connectivity index (χ2n) is 16.6. The fourth-order valence-corrected chi connectivity index (χ4v) is 7.22. The number of alkyl carbamates (subject to hydrolysis) is 1. The number of carbonyl (C=O) groups is 5. The summed E-state index contributed by atoms with van der Waals surface area (Å²) in [6.07, 6.45) is -8.19. The molecule has 4 aromatic rings. The molecule has 5 rings (SSSR count). The van der Waals surface area contributed by atoms with Gasteiger partial charge in [-0.3, -0.25) is 19.3 Å². The predicted octanol–water partition coefficient (Wildman–Crippen LogP) is 6.41. The molecule has 17 nitrogen and oxygen atoms in total. The molecular weight excluding hydrogens is 895 g/mol. The number of aromatic nitrogens is 5. The molecule has 23 heteroatoms. The number of primary amides is 1.